The van der Waals surface area contributed by atoms with E-state index < -0.39 is 18.3 Å². The molecule has 0 heterocycles. The Bertz CT molecular complexity index is 209. The number of nitrogens with one attached hydrogen (secondary N) is 1. The molecule has 1 saturated carbocycles. The minimum Gasteiger partial charge on any atom is -0.394 e. The fourth-order valence-electron chi connectivity index (χ4n) is 2.03. The van der Waals surface area contributed by atoms with E-state index in [0.29, 0.717) is 24.7 Å². The van der Waals surface area contributed by atoms with Crippen LogP contribution in [0.1, 0.15) is 26.7 Å². The van der Waals surface area contributed by atoms with Gasteiger partial charge in [-0.3, -0.25) is 0 Å². The number of aliphatic hydroxyl groups is 1. The molecule has 0 saturated heterocycles. The summed E-state index contributed by atoms with van der Waals surface area (Å²) in [7, 11) is 0. The molecule has 0 aliphatic heterocycles. The standard InChI is InChI=1S/C10H18F3NO/c1-7(2)8-3-9(4-8,6-15)14-5-10(11,12)13/h7-8,14-15H,3-6H2,1-2H3. The number of hydrogen-bond acceptors (Lipinski definition) is 2. The van der Waals surface area contributed by atoms with Crippen LogP contribution >= 0.6 is 0 Å². The van der Waals surface area contributed by atoms with Crippen molar-refractivity contribution in [3.05, 3.63) is 0 Å². The highest BCUT2D eigenvalue weighted by molar-refractivity contribution is 5.01. The van der Waals surface area contributed by atoms with Crippen LogP contribution in [0.5, 0.6) is 0 Å². The van der Waals surface area contributed by atoms with Crippen LogP contribution in [0.2, 0.25) is 0 Å². The van der Waals surface area contributed by atoms with Gasteiger partial charge in [0.15, 0.2) is 0 Å². The van der Waals surface area contributed by atoms with Crippen LogP contribution in [0.3, 0.4) is 0 Å². The van der Waals surface area contributed by atoms with Gasteiger partial charge in [-0.15, -0.1) is 0 Å². The van der Waals surface area contributed by atoms with Gasteiger partial charge < -0.3 is 10.4 Å². The van der Waals surface area contributed by atoms with E-state index in [4.69, 9.17) is 5.11 Å². The molecule has 2 nitrogen and oxygen atoms in total. The van der Waals surface area contributed by atoms with Gasteiger partial charge >= 0.3 is 6.18 Å². The molecule has 0 spiro atoms. The number of halogens is 3. The lowest BCUT2D eigenvalue weighted by molar-refractivity contribution is -0.135. The van der Waals surface area contributed by atoms with Gasteiger partial charge in [0.2, 0.25) is 0 Å². The Kier molecular flexibility index (Phi) is 3.66. The monoisotopic (exact) mass is 225 g/mol. The molecule has 90 valence electrons. The van der Waals surface area contributed by atoms with Gasteiger partial charge in [-0.2, -0.15) is 13.2 Å². The van der Waals surface area contributed by atoms with Gasteiger partial charge in [0.05, 0.1) is 13.2 Å². The Hall–Kier alpha value is -0.290. The molecular weight excluding hydrogens is 207 g/mol. The van der Waals surface area contributed by atoms with Crippen molar-refractivity contribution in [1.82, 2.24) is 5.32 Å². The van der Waals surface area contributed by atoms with E-state index >= 15 is 0 Å². The lowest BCUT2D eigenvalue weighted by atomic mass is 9.64. The molecule has 0 aromatic rings. The number of aliphatic hydroxyl groups excluding tert-OH is 1. The number of rotatable bonds is 4. The van der Waals surface area contributed by atoms with Crippen LogP contribution in [0, 0.1) is 11.8 Å². The smallest absolute Gasteiger partial charge is 0.394 e. The van der Waals surface area contributed by atoms with Crippen molar-refractivity contribution >= 4 is 0 Å². The van der Waals surface area contributed by atoms with Crippen LogP contribution in [0.25, 0.3) is 0 Å². The molecule has 2 N–H and O–H groups in total. The molecule has 0 aromatic heterocycles. The number of alkyl halides is 3. The summed E-state index contributed by atoms with van der Waals surface area (Å²) >= 11 is 0. The second-order valence-corrected chi connectivity index (χ2v) is 4.82. The summed E-state index contributed by atoms with van der Waals surface area (Å²) < 4.78 is 36.0. The molecule has 0 radical (unpaired) electrons. The first-order valence-electron chi connectivity index (χ1n) is 5.21. The maximum absolute atomic E-state index is 12.0. The van der Waals surface area contributed by atoms with Crippen LogP contribution in [0.4, 0.5) is 13.2 Å². The molecular formula is C10H18F3NO. The molecule has 1 fully saturated rings. The van der Waals surface area contributed by atoms with Crippen LogP contribution in [-0.4, -0.2) is 30.0 Å². The zero-order valence-electron chi connectivity index (χ0n) is 9.06. The molecule has 1 aliphatic rings. The van der Waals surface area contributed by atoms with Gasteiger partial charge in [-0.1, -0.05) is 13.8 Å². The summed E-state index contributed by atoms with van der Waals surface area (Å²) in [5, 5.41) is 11.5. The van der Waals surface area contributed by atoms with E-state index in [1.807, 2.05) is 0 Å². The first-order chi connectivity index (χ1) is 6.78. The molecule has 1 rings (SSSR count). The fourth-order valence-corrected chi connectivity index (χ4v) is 2.03. The maximum atomic E-state index is 12.0. The van der Waals surface area contributed by atoms with Crippen molar-refractivity contribution < 1.29 is 18.3 Å². The summed E-state index contributed by atoms with van der Waals surface area (Å²) in [6, 6.07) is 0. The van der Waals surface area contributed by atoms with Crippen molar-refractivity contribution in [2.45, 2.75) is 38.4 Å². The van der Waals surface area contributed by atoms with Gasteiger partial charge in [-0.25, -0.2) is 0 Å². The minimum absolute atomic E-state index is 0.216. The zero-order chi connectivity index (χ0) is 11.7. The predicted molar refractivity (Wildman–Crippen MR) is 51.4 cm³/mol. The van der Waals surface area contributed by atoms with Crippen molar-refractivity contribution in [2.24, 2.45) is 11.8 Å². The normalized spacial score (nSPS) is 31.8. The SMILES string of the molecule is CC(C)C1CC(CO)(NCC(F)(F)F)C1. The van der Waals surface area contributed by atoms with E-state index in [0.717, 1.165) is 0 Å². The highest BCUT2D eigenvalue weighted by Crippen LogP contribution is 2.42. The average Bonchev–Trinajstić information content (AvgIpc) is 2.00. The van der Waals surface area contributed by atoms with Gasteiger partial charge in [0.1, 0.15) is 0 Å². The molecule has 15 heavy (non-hydrogen) atoms. The minimum atomic E-state index is -4.20. The predicted octanol–water partition coefficient (Wildman–Crippen LogP) is 1.94. The fraction of sp³-hybridized carbons (Fsp3) is 1.00. The lowest BCUT2D eigenvalue weighted by Gasteiger charge is -2.49. The van der Waals surface area contributed by atoms with Crippen LogP contribution in [0.15, 0.2) is 0 Å². The zero-order valence-corrected chi connectivity index (χ0v) is 9.06. The van der Waals surface area contributed by atoms with E-state index in [2.05, 4.69) is 19.2 Å². The van der Waals surface area contributed by atoms with Gasteiger partial charge in [0, 0.05) is 5.54 Å². The molecule has 0 unspecified atom stereocenters. The molecule has 5 heteroatoms. The van der Waals surface area contributed by atoms with Gasteiger partial charge in [0.25, 0.3) is 0 Å². The summed E-state index contributed by atoms with van der Waals surface area (Å²) in [5.41, 5.74) is -0.690. The second kappa shape index (κ2) is 4.29. The largest absolute Gasteiger partial charge is 0.401 e. The highest BCUT2D eigenvalue weighted by Gasteiger charge is 2.46. The topological polar surface area (TPSA) is 32.3 Å². The Balaban J connectivity index is 2.39. The van der Waals surface area contributed by atoms with Gasteiger partial charge in [-0.05, 0) is 24.7 Å². The Labute approximate surface area is 87.9 Å². The molecule has 1 aliphatic carbocycles. The number of hydrogen-bond donors (Lipinski definition) is 2. The molecule has 0 bridgehead atoms. The van der Waals surface area contributed by atoms with E-state index in [9.17, 15) is 13.2 Å². The molecule has 0 atom stereocenters. The first kappa shape index (κ1) is 12.8. The van der Waals surface area contributed by atoms with Crippen molar-refractivity contribution in [3.63, 3.8) is 0 Å². The first-order valence-corrected chi connectivity index (χ1v) is 5.21. The Morgan fingerprint density at radius 2 is 1.93 bits per heavy atom. The van der Waals surface area contributed by atoms with Crippen LogP contribution < -0.4 is 5.32 Å². The summed E-state index contributed by atoms with van der Waals surface area (Å²) in [6.07, 6.45) is -2.93. The third-order valence-electron chi connectivity index (χ3n) is 3.22. The highest BCUT2D eigenvalue weighted by atomic mass is 19.4. The average molecular weight is 225 g/mol. The lowest BCUT2D eigenvalue weighted by Crippen LogP contribution is -2.60. The van der Waals surface area contributed by atoms with Crippen molar-refractivity contribution in [3.8, 4) is 0 Å². The Morgan fingerprint density at radius 1 is 1.40 bits per heavy atom. The summed E-state index contributed by atoms with van der Waals surface area (Å²) in [5.74, 6) is 0.898. The van der Waals surface area contributed by atoms with E-state index in [1.54, 1.807) is 0 Å². The van der Waals surface area contributed by atoms with E-state index in [1.165, 1.54) is 0 Å². The third kappa shape index (κ3) is 3.34. The molecule has 0 amide bonds. The third-order valence-corrected chi connectivity index (χ3v) is 3.22. The van der Waals surface area contributed by atoms with Crippen molar-refractivity contribution in [1.29, 1.82) is 0 Å². The quantitative estimate of drug-likeness (QED) is 0.766. The second-order valence-electron chi connectivity index (χ2n) is 4.82. The Morgan fingerprint density at radius 3 is 2.27 bits per heavy atom. The van der Waals surface area contributed by atoms with Crippen LogP contribution in [-0.2, 0) is 0 Å². The summed E-state index contributed by atoms with van der Waals surface area (Å²) in [6.45, 7) is 2.87. The molecule has 0 aromatic carbocycles. The van der Waals surface area contributed by atoms with Crippen molar-refractivity contribution in [2.75, 3.05) is 13.2 Å². The maximum Gasteiger partial charge on any atom is 0.401 e. The van der Waals surface area contributed by atoms with E-state index in [-0.39, 0.29) is 6.61 Å². The summed E-state index contributed by atoms with van der Waals surface area (Å²) in [4.78, 5) is 0.